The van der Waals surface area contributed by atoms with Crippen LogP contribution in [0.1, 0.15) is 78.8 Å². The highest BCUT2D eigenvalue weighted by Crippen LogP contribution is 2.50. The first-order chi connectivity index (χ1) is 18.5. The zero-order chi connectivity index (χ0) is 28.5. The molecule has 0 saturated heterocycles. The minimum absolute atomic E-state index is 0.179. The maximum absolute atomic E-state index is 14.4. The summed E-state index contributed by atoms with van der Waals surface area (Å²) >= 11 is 0. The van der Waals surface area contributed by atoms with Crippen molar-refractivity contribution in [2.75, 3.05) is 19.0 Å². The van der Waals surface area contributed by atoms with Crippen molar-refractivity contribution in [1.82, 2.24) is 14.8 Å². The van der Waals surface area contributed by atoms with Gasteiger partial charge < -0.3 is 20.2 Å². The highest BCUT2D eigenvalue weighted by atomic mass is 28.4. The fourth-order valence-electron chi connectivity index (χ4n) is 6.79. The van der Waals surface area contributed by atoms with Gasteiger partial charge in [0, 0.05) is 11.8 Å². The molecule has 2 atom stereocenters. The fourth-order valence-corrected chi connectivity index (χ4v) is 12.2. The van der Waals surface area contributed by atoms with E-state index in [0.717, 1.165) is 6.20 Å². The van der Waals surface area contributed by atoms with Gasteiger partial charge in [0.25, 0.3) is 0 Å². The van der Waals surface area contributed by atoms with Gasteiger partial charge in [-0.3, -0.25) is 9.48 Å². The van der Waals surface area contributed by atoms with Crippen LogP contribution >= 0.6 is 0 Å². The van der Waals surface area contributed by atoms with Crippen LogP contribution in [0.15, 0.2) is 24.7 Å². The molecule has 0 aliphatic heterocycles. The van der Waals surface area contributed by atoms with Gasteiger partial charge in [-0.05, 0) is 66.1 Å². The van der Waals surface area contributed by atoms with E-state index in [1.54, 1.807) is 17.1 Å². The molecule has 0 spiro atoms. The number of pyridine rings is 1. The van der Waals surface area contributed by atoms with Crippen LogP contribution in [0.4, 0.5) is 10.1 Å². The summed E-state index contributed by atoms with van der Waals surface area (Å²) in [6.07, 6.45) is 9.17. The van der Waals surface area contributed by atoms with Crippen molar-refractivity contribution in [3.05, 3.63) is 36.0 Å². The van der Waals surface area contributed by atoms with Gasteiger partial charge in [-0.1, -0.05) is 41.5 Å². The van der Waals surface area contributed by atoms with Gasteiger partial charge >= 0.3 is 0 Å². The molecule has 2 aliphatic rings. The number of rotatable bonds is 14. The Balaban J connectivity index is 1.60. The van der Waals surface area contributed by atoms with Crippen LogP contribution in [0.5, 0.6) is 5.88 Å². The second-order valence-corrected chi connectivity index (χ2v) is 17.8. The monoisotopic (exact) mass is 559 g/mol. The molecule has 2 heterocycles. The number of nitrogens with zero attached hydrogens (tertiary/aromatic N) is 3. The number of nitrogens with one attached hydrogen (secondary N) is 1. The van der Waals surface area contributed by atoms with Crippen molar-refractivity contribution in [3.63, 3.8) is 0 Å². The quantitative estimate of drug-likeness (QED) is 0.279. The molecule has 0 bridgehead atoms. The number of aromatic nitrogens is 3. The van der Waals surface area contributed by atoms with Crippen molar-refractivity contribution < 1.29 is 18.3 Å². The maximum Gasteiger partial charge on any atom is 0.241 e. The third-order valence-corrected chi connectivity index (χ3v) is 14.9. The maximum atomic E-state index is 14.4. The van der Waals surface area contributed by atoms with E-state index in [-0.39, 0.29) is 18.4 Å². The largest absolute Gasteiger partial charge is 0.481 e. The molecule has 8 nitrogen and oxygen atoms in total. The molecule has 2 saturated carbocycles. The summed E-state index contributed by atoms with van der Waals surface area (Å²) in [5, 5.41) is 7.56. The van der Waals surface area contributed by atoms with Crippen LogP contribution in [0.3, 0.4) is 0 Å². The van der Waals surface area contributed by atoms with E-state index >= 15 is 0 Å². The number of methoxy groups -OCH3 is 1. The van der Waals surface area contributed by atoms with Crippen LogP contribution in [-0.2, 0) is 9.22 Å². The average molecular weight is 560 g/mol. The Morgan fingerprint density at radius 2 is 1.69 bits per heavy atom. The van der Waals surface area contributed by atoms with Gasteiger partial charge in [0.2, 0.25) is 11.8 Å². The van der Waals surface area contributed by atoms with Crippen LogP contribution in [0.25, 0.3) is 0 Å². The van der Waals surface area contributed by atoms with Gasteiger partial charge in [-0.2, -0.15) is 5.10 Å². The van der Waals surface area contributed by atoms with E-state index in [0.29, 0.717) is 45.6 Å². The Kier molecular flexibility index (Phi) is 9.18. The second-order valence-electron chi connectivity index (χ2n) is 12.4. The standard InChI is InChI=1S/C29H46FN5O3Si/c1-17(2)39(18(3)4,19(5)6)38-16-25(24-12-22(30)13-32-29(24)37-7)35-15-23(14-33-35)34-28(36)27(31)26(20-8-9-20)21-10-11-21/h12-15,17-21,25-27H,8-11,16,31H2,1-7H3,(H,34,36)/t25?,27-/m0/s1. The number of hydrogen-bond donors (Lipinski definition) is 2. The van der Waals surface area contributed by atoms with Crippen molar-refractivity contribution in [3.8, 4) is 5.88 Å². The average Bonchev–Trinajstić information content (AvgIpc) is 3.82. The second kappa shape index (κ2) is 12.1. The molecule has 216 valence electrons. The number of halogens is 1. The van der Waals surface area contributed by atoms with Gasteiger partial charge in [0.15, 0.2) is 8.32 Å². The van der Waals surface area contributed by atoms with Gasteiger partial charge in [-0.15, -0.1) is 0 Å². The van der Waals surface area contributed by atoms with Crippen molar-refractivity contribution in [2.24, 2.45) is 23.5 Å². The lowest BCUT2D eigenvalue weighted by molar-refractivity contribution is -0.118. The molecule has 2 aromatic rings. The molecule has 2 fully saturated rings. The Morgan fingerprint density at radius 3 is 2.21 bits per heavy atom. The number of anilines is 1. The van der Waals surface area contributed by atoms with Gasteiger partial charge in [-0.25, -0.2) is 9.37 Å². The molecule has 0 radical (unpaired) electrons. The van der Waals surface area contributed by atoms with Crippen LogP contribution in [-0.4, -0.2) is 48.7 Å². The molecular formula is C29H46FN5O3Si. The highest BCUT2D eigenvalue weighted by molar-refractivity contribution is 6.77. The molecule has 2 aliphatic carbocycles. The predicted octanol–water partition coefficient (Wildman–Crippen LogP) is 5.91. The van der Waals surface area contributed by atoms with Crippen molar-refractivity contribution in [2.45, 2.75) is 95.9 Å². The lowest BCUT2D eigenvalue weighted by atomic mass is 9.89. The van der Waals surface area contributed by atoms with E-state index in [9.17, 15) is 9.18 Å². The first kappa shape index (κ1) is 29.7. The number of nitrogens with two attached hydrogens (primary N) is 1. The first-order valence-corrected chi connectivity index (χ1v) is 16.6. The zero-order valence-corrected chi connectivity index (χ0v) is 25.5. The highest BCUT2D eigenvalue weighted by Gasteiger charge is 2.47. The van der Waals surface area contributed by atoms with Crippen LogP contribution < -0.4 is 15.8 Å². The topological polar surface area (TPSA) is 104 Å². The first-order valence-electron chi connectivity index (χ1n) is 14.4. The molecule has 1 amide bonds. The summed E-state index contributed by atoms with van der Waals surface area (Å²) in [7, 11) is -0.719. The summed E-state index contributed by atoms with van der Waals surface area (Å²) < 4.78 is 28.6. The zero-order valence-electron chi connectivity index (χ0n) is 24.5. The summed E-state index contributed by atoms with van der Waals surface area (Å²) in [4.78, 5) is 17.3. The number of ether oxygens (including phenoxy) is 1. The van der Waals surface area contributed by atoms with Gasteiger partial charge in [0.1, 0.15) is 11.9 Å². The Bertz CT molecular complexity index is 1100. The SMILES string of the molecule is COc1ncc(F)cc1C(CO[Si](C(C)C)(C(C)C)C(C)C)n1cc(NC(=O)[C@@H](N)C(C2CC2)C2CC2)cn1. The summed E-state index contributed by atoms with van der Waals surface area (Å²) in [5.74, 6) is 1.07. The molecular weight excluding hydrogens is 513 g/mol. The number of carbonyl (C=O) groups is 1. The lowest BCUT2D eigenvalue weighted by Gasteiger charge is -2.43. The predicted molar refractivity (Wildman–Crippen MR) is 154 cm³/mol. The van der Waals surface area contributed by atoms with E-state index in [4.69, 9.17) is 14.9 Å². The van der Waals surface area contributed by atoms with E-state index in [1.807, 2.05) is 0 Å². The van der Waals surface area contributed by atoms with Crippen LogP contribution in [0, 0.1) is 23.6 Å². The Hall–Kier alpha value is -2.30. The fraction of sp³-hybridized carbons (Fsp3) is 0.690. The number of carbonyl (C=O) groups excluding carboxylic acids is 1. The molecule has 4 rings (SSSR count). The molecule has 39 heavy (non-hydrogen) atoms. The molecule has 1 unspecified atom stereocenters. The normalized spacial score (nSPS) is 17.8. The van der Waals surface area contributed by atoms with E-state index in [1.165, 1.54) is 38.9 Å². The summed E-state index contributed by atoms with van der Waals surface area (Å²) in [5.41, 5.74) is 8.69. The Morgan fingerprint density at radius 1 is 1.10 bits per heavy atom. The minimum Gasteiger partial charge on any atom is -0.481 e. The molecule has 10 heteroatoms. The van der Waals surface area contributed by atoms with Gasteiger partial charge in [0.05, 0.1) is 37.8 Å². The number of hydrogen-bond acceptors (Lipinski definition) is 6. The third kappa shape index (κ3) is 6.38. The molecule has 0 aromatic carbocycles. The lowest BCUT2D eigenvalue weighted by Crippen LogP contribution is -2.48. The summed E-state index contributed by atoms with van der Waals surface area (Å²) in [6.45, 7) is 13.7. The van der Waals surface area contributed by atoms with Crippen molar-refractivity contribution >= 4 is 19.9 Å². The van der Waals surface area contributed by atoms with Crippen molar-refractivity contribution in [1.29, 1.82) is 0 Å². The van der Waals surface area contributed by atoms with E-state index in [2.05, 4.69) is 56.9 Å². The smallest absolute Gasteiger partial charge is 0.241 e. The minimum atomic E-state index is -2.24. The third-order valence-electron chi connectivity index (χ3n) is 8.83. The Labute approximate surface area is 233 Å². The summed E-state index contributed by atoms with van der Waals surface area (Å²) in [6, 6.07) is 0.389. The van der Waals surface area contributed by atoms with Crippen LogP contribution in [0.2, 0.25) is 16.6 Å². The molecule has 2 aromatic heterocycles. The van der Waals surface area contributed by atoms with E-state index < -0.39 is 26.2 Å². The number of amides is 1. The molecule has 3 N–H and O–H groups in total.